The summed E-state index contributed by atoms with van der Waals surface area (Å²) in [7, 11) is 1.89. The van der Waals surface area contributed by atoms with Crippen LogP contribution in [0.4, 0.5) is 0 Å². The van der Waals surface area contributed by atoms with Crippen LogP contribution in [0.25, 0.3) is 11.3 Å². The van der Waals surface area contributed by atoms with Crippen LogP contribution in [-0.4, -0.2) is 27.1 Å². The van der Waals surface area contributed by atoms with E-state index in [4.69, 9.17) is 4.74 Å². The van der Waals surface area contributed by atoms with Crippen molar-refractivity contribution in [3.8, 4) is 22.8 Å². The molecule has 0 bridgehead atoms. The molecule has 5 heteroatoms. The standard InChI is InChI=1S/C26H27N3O2/c1-28-25(20-13-15-22(16-14-20)31-21-10-3-2-4-11-21)23(18-27-28)26(30)29-17-7-9-19-8-5-6-12-24(19)29/h2-4,10-16,18-19H,5-9,17H2,1H3. The van der Waals surface area contributed by atoms with E-state index in [1.807, 2.05) is 66.5 Å². The number of carbonyl (C=O) groups is 1. The van der Waals surface area contributed by atoms with Gasteiger partial charge in [-0.15, -0.1) is 0 Å². The van der Waals surface area contributed by atoms with E-state index >= 15 is 0 Å². The highest BCUT2D eigenvalue weighted by Crippen LogP contribution is 2.37. The third kappa shape index (κ3) is 3.88. The molecule has 1 saturated heterocycles. The van der Waals surface area contributed by atoms with Crippen LogP contribution in [-0.2, 0) is 7.05 Å². The van der Waals surface area contributed by atoms with E-state index in [0.717, 1.165) is 42.1 Å². The summed E-state index contributed by atoms with van der Waals surface area (Å²) < 4.78 is 7.70. The van der Waals surface area contributed by atoms with Gasteiger partial charge in [-0.1, -0.05) is 24.3 Å². The molecule has 1 amide bonds. The summed E-state index contributed by atoms with van der Waals surface area (Å²) >= 11 is 0. The van der Waals surface area contributed by atoms with Crippen LogP contribution < -0.4 is 4.74 Å². The van der Waals surface area contributed by atoms with Crippen LogP contribution in [0.5, 0.6) is 11.5 Å². The Labute approximate surface area is 183 Å². The summed E-state index contributed by atoms with van der Waals surface area (Å²) in [6.07, 6.45) is 9.73. The number of carbonyl (C=O) groups excluding carboxylic acids is 1. The second-order valence-corrected chi connectivity index (χ2v) is 8.33. The molecule has 0 spiro atoms. The molecule has 2 aliphatic rings. The van der Waals surface area contributed by atoms with Gasteiger partial charge in [0.15, 0.2) is 0 Å². The lowest BCUT2D eigenvalue weighted by Crippen LogP contribution is -2.39. The zero-order valence-electron chi connectivity index (χ0n) is 17.8. The van der Waals surface area contributed by atoms with Crippen LogP contribution >= 0.6 is 0 Å². The largest absolute Gasteiger partial charge is 0.457 e. The number of piperidine rings is 1. The molecule has 1 fully saturated rings. The minimum atomic E-state index is 0.0607. The number of amides is 1. The van der Waals surface area contributed by atoms with Crippen molar-refractivity contribution in [2.24, 2.45) is 13.0 Å². The van der Waals surface area contributed by atoms with Gasteiger partial charge in [0.2, 0.25) is 0 Å². The Hall–Kier alpha value is -3.34. The van der Waals surface area contributed by atoms with Crippen molar-refractivity contribution >= 4 is 5.91 Å². The van der Waals surface area contributed by atoms with Crippen LogP contribution in [0.2, 0.25) is 0 Å². The van der Waals surface area contributed by atoms with Crippen LogP contribution in [0.15, 0.2) is 72.6 Å². The summed E-state index contributed by atoms with van der Waals surface area (Å²) in [6.45, 7) is 0.791. The van der Waals surface area contributed by atoms with E-state index in [1.165, 1.54) is 25.0 Å². The molecule has 5 nitrogen and oxygen atoms in total. The maximum atomic E-state index is 13.6. The molecule has 0 radical (unpaired) electrons. The van der Waals surface area contributed by atoms with E-state index in [-0.39, 0.29) is 5.91 Å². The van der Waals surface area contributed by atoms with Crippen molar-refractivity contribution in [3.05, 3.63) is 78.1 Å². The second-order valence-electron chi connectivity index (χ2n) is 8.33. The quantitative estimate of drug-likeness (QED) is 0.543. The number of benzene rings is 2. The lowest BCUT2D eigenvalue weighted by molar-refractivity contribution is 0.0749. The topological polar surface area (TPSA) is 47.4 Å². The number of rotatable bonds is 4. The van der Waals surface area contributed by atoms with Crippen LogP contribution in [0, 0.1) is 5.92 Å². The fourth-order valence-electron chi connectivity index (χ4n) is 4.78. The van der Waals surface area contributed by atoms with Gasteiger partial charge in [-0.2, -0.15) is 5.10 Å². The van der Waals surface area contributed by atoms with Gasteiger partial charge in [0.1, 0.15) is 11.5 Å². The van der Waals surface area contributed by atoms with Gasteiger partial charge in [-0.25, -0.2) is 0 Å². The molecular weight excluding hydrogens is 386 g/mol. The number of nitrogens with zero attached hydrogens (tertiary/aromatic N) is 3. The summed E-state index contributed by atoms with van der Waals surface area (Å²) in [6, 6.07) is 17.6. The minimum Gasteiger partial charge on any atom is -0.457 e. The monoisotopic (exact) mass is 413 g/mol. The molecule has 0 saturated carbocycles. The lowest BCUT2D eigenvalue weighted by atomic mass is 9.84. The number of para-hydroxylation sites is 1. The second kappa shape index (κ2) is 8.42. The predicted molar refractivity (Wildman–Crippen MR) is 121 cm³/mol. The van der Waals surface area contributed by atoms with Gasteiger partial charge in [0.25, 0.3) is 5.91 Å². The zero-order chi connectivity index (χ0) is 21.2. The Kier molecular flexibility index (Phi) is 5.33. The summed E-state index contributed by atoms with van der Waals surface area (Å²) in [5, 5.41) is 4.42. The number of allylic oxidation sites excluding steroid dienone is 2. The van der Waals surface area contributed by atoms with Crippen molar-refractivity contribution in [3.63, 3.8) is 0 Å². The number of likely N-dealkylation sites (tertiary alicyclic amines) is 1. The first-order chi connectivity index (χ1) is 15.2. The highest BCUT2D eigenvalue weighted by Gasteiger charge is 2.32. The first kappa shape index (κ1) is 19.6. The average molecular weight is 414 g/mol. The fraction of sp³-hybridized carbons (Fsp3) is 0.308. The molecule has 1 aromatic heterocycles. The molecule has 2 heterocycles. The van der Waals surface area contributed by atoms with Crippen molar-refractivity contribution in [2.45, 2.75) is 32.1 Å². The van der Waals surface area contributed by atoms with Gasteiger partial charge in [0.05, 0.1) is 17.5 Å². The highest BCUT2D eigenvalue weighted by molar-refractivity contribution is 6.01. The Balaban J connectivity index is 1.42. The smallest absolute Gasteiger partial charge is 0.261 e. The van der Waals surface area contributed by atoms with Crippen LogP contribution in [0.1, 0.15) is 42.5 Å². The van der Waals surface area contributed by atoms with Gasteiger partial charge in [0, 0.05) is 24.9 Å². The maximum Gasteiger partial charge on any atom is 0.261 e. The van der Waals surface area contributed by atoms with Crippen molar-refractivity contribution < 1.29 is 9.53 Å². The van der Waals surface area contributed by atoms with Gasteiger partial charge in [-0.05, 0) is 74.4 Å². The Morgan fingerprint density at radius 3 is 2.55 bits per heavy atom. The molecule has 1 aliphatic heterocycles. The number of ether oxygens (including phenoxy) is 1. The average Bonchev–Trinajstić information content (AvgIpc) is 3.21. The number of hydrogen-bond acceptors (Lipinski definition) is 3. The summed E-state index contributed by atoms with van der Waals surface area (Å²) in [4.78, 5) is 15.6. The lowest BCUT2D eigenvalue weighted by Gasteiger charge is -2.38. The van der Waals surface area contributed by atoms with E-state index in [2.05, 4.69) is 11.2 Å². The summed E-state index contributed by atoms with van der Waals surface area (Å²) in [5.74, 6) is 2.15. The third-order valence-electron chi connectivity index (χ3n) is 6.30. The number of hydrogen-bond donors (Lipinski definition) is 0. The third-order valence-corrected chi connectivity index (χ3v) is 6.30. The highest BCUT2D eigenvalue weighted by atomic mass is 16.5. The van der Waals surface area contributed by atoms with Crippen LogP contribution in [0.3, 0.4) is 0 Å². The molecule has 31 heavy (non-hydrogen) atoms. The summed E-state index contributed by atoms with van der Waals surface area (Å²) in [5.41, 5.74) is 3.68. The number of fused-ring (bicyclic) bond motifs is 1. The first-order valence-corrected chi connectivity index (χ1v) is 11.1. The molecule has 0 N–H and O–H groups in total. The van der Waals surface area contributed by atoms with E-state index in [0.29, 0.717) is 11.5 Å². The molecule has 5 rings (SSSR count). The van der Waals surface area contributed by atoms with E-state index in [9.17, 15) is 4.79 Å². The predicted octanol–water partition coefficient (Wildman–Crippen LogP) is 5.80. The molecule has 1 aliphatic carbocycles. The zero-order valence-corrected chi connectivity index (χ0v) is 17.8. The molecule has 2 aromatic carbocycles. The van der Waals surface area contributed by atoms with E-state index in [1.54, 1.807) is 10.9 Å². The molecule has 1 atom stereocenters. The van der Waals surface area contributed by atoms with E-state index < -0.39 is 0 Å². The van der Waals surface area contributed by atoms with Gasteiger partial charge < -0.3 is 9.64 Å². The van der Waals surface area contributed by atoms with Crippen molar-refractivity contribution in [2.75, 3.05) is 6.54 Å². The molecule has 3 aromatic rings. The fourth-order valence-corrected chi connectivity index (χ4v) is 4.78. The molecule has 158 valence electrons. The SMILES string of the molecule is Cn1ncc(C(=O)N2CCCC3CCCC=C32)c1-c1ccc(Oc2ccccc2)cc1. The molecule has 1 unspecified atom stereocenters. The van der Waals surface area contributed by atoms with Crippen molar-refractivity contribution in [1.82, 2.24) is 14.7 Å². The maximum absolute atomic E-state index is 13.6. The van der Waals surface area contributed by atoms with Gasteiger partial charge >= 0.3 is 0 Å². The Morgan fingerprint density at radius 1 is 1.00 bits per heavy atom. The Morgan fingerprint density at radius 2 is 1.74 bits per heavy atom. The first-order valence-electron chi connectivity index (χ1n) is 11.1. The van der Waals surface area contributed by atoms with Crippen molar-refractivity contribution in [1.29, 1.82) is 0 Å². The Bertz CT molecular complexity index is 1100. The normalized spacial score (nSPS) is 18.3. The number of aryl methyl sites for hydroxylation is 1. The minimum absolute atomic E-state index is 0.0607. The molecular formula is C26H27N3O2. The van der Waals surface area contributed by atoms with Gasteiger partial charge in [-0.3, -0.25) is 9.48 Å². The number of aromatic nitrogens is 2.